The zero-order valence-corrected chi connectivity index (χ0v) is 16.3. The van der Waals surface area contributed by atoms with E-state index in [1.54, 1.807) is 36.4 Å². The molecule has 2 heterocycles. The molecule has 1 amide bonds. The minimum atomic E-state index is -0.670. The zero-order chi connectivity index (χ0) is 20.6. The fraction of sp³-hybridized carbons (Fsp3) is 0.0588. The number of carbonyl (C=O) groups excluding carboxylic acids is 1. The Morgan fingerprint density at radius 2 is 1.86 bits per heavy atom. The number of ether oxygens (including phenoxy) is 1. The van der Waals surface area contributed by atoms with Gasteiger partial charge in [0.25, 0.3) is 5.91 Å². The second-order valence-electron chi connectivity index (χ2n) is 5.44. The maximum Gasteiger partial charge on any atom is 0.355 e. The van der Waals surface area contributed by atoms with Crippen molar-refractivity contribution in [3.8, 4) is 5.75 Å². The smallest absolute Gasteiger partial charge is 0.355 e. The molecular formula is C17H14BrN7O4. The second-order valence-corrected chi connectivity index (χ2v) is 6.35. The molecule has 0 fully saturated rings. The molecule has 3 aromatic rings. The number of anilines is 3. The van der Waals surface area contributed by atoms with Crippen LogP contribution >= 0.6 is 15.9 Å². The van der Waals surface area contributed by atoms with Gasteiger partial charge in [0.05, 0.1) is 4.92 Å². The summed E-state index contributed by atoms with van der Waals surface area (Å²) in [5.74, 6) is 0.0334. The quantitative estimate of drug-likeness (QED) is 0.341. The molecule has 2 aromatic heterocycles. The summed E-state index contributed by atoms with van der Waals surface area (Å²) in [7, 11) is 0. The number of rotatable bonds is 8. The number of hydrazine groups is 1. The van der Waals surface area contributed by atoms with E-state index in [0.717, 1.165) is 10.8 Å². The van der Waals surface area contributed by atoms with Crippen molar-refractivity contribution in [2.45, 2.75) is 0 Å². The van der Waals surface area contributed by atoms with Gasteiger partial charge in [-0.2, -0.15) is 0 Å². The van der Waals surface area contributed by atoms with E-state index in [1.807, 2.05) is 6.07 Å². The lowest BCUT2D eigenvalue weighted by atomic mass is 10.3. The van der Waals surface area contributed by atoms with E-state index < -0.39 is 16.5 Å². The third kappa shape index (κ3) is 5.59. The average molecular weight is 460 g/mol. The first-order chi connectivity index (χ1) is 14.0. The van der Waals surface area contributed by atoms with Crippen molar-refractivity contribution in [2.24, 2.45) is 0 Å². The van der Waals surface area contributed by atoms with Crippen LogP contribution in [0.1, 0.15) is 0 Å². The van der Waals surface area contributed by atoms with Gasteiger partial charge in [0.2, 0.25) is 11.6 Å². The summed E-state index contributed by atoms with van der Waals surface area (Å²) >= 11 is 3.26. The van der Waals surface area contributed by atoms with Gasteiger partial charge in [-0.25, -0.2) is 15.0 Å². The minimum absolute atomic E-state index is 0.0860. The SMILES string of the molecule is O=C(COc1ccccc1)NNc1ncnc(Nc2ccc(Br)cn2)c1[N+](=O)[O-]. The number of hydrogen-bond donors (Lipinski definition) is 3. The van der Waals surface area contributed by atoms with Gasteiger partial charge in [-0.05, 0) is 40.2 Å². The molecule has 12 heteroatoms. The number of benzene rings is 1. The first-order valence-electron chi connectivity index (χ1n) is 8.13. The van der Waals surface area contributed by atoms with Crippen molar-refractivity contribution >= 4 is 45.0 Å². The van der Waals surface area contributed by atoms with Crippen molar-refractivity contribution in [2.75, 3.05) is 17.3 Å². The van der Waals surface area contributed by atoms with Crippen molar-refractivity contribution in [1.29, 1.82) is 0 Å². The van der Waals surface area contributed by atoms with E-state index in [0.29, 0.717) is 11.6 Å². The Morgan fingerprint density at radius 1 is 1.10 bits per heavy atom. The van der Waals surface area contributed by atoms with Gasteiger partial charge in [0.1, 0.15) is 17.9 Å². The predicted octanol–water partition coefficient (Wildman–Crippen LogP) is 2.81. The maximum atomic E-state index is 11.9. The molecule has 3 N–H and O–H groups in total. The highest BCUT2D eigenvalue weighted by Gasteiger charge is 2.24. The number of amides is 1. The molecule has 0 unspecified atom stereocenters. The Hall–Kier alpha value is -3.80. The Bertz CT molecular complexity index is 1000. The standard InChI is InChI=1S/C17H14BrN7O4/c18-11-6-7-13(19-8-11)22-16-15(25(27)28)17(21-10-20-16)24-23-14(26)9-29-12-4-2-1-3-5-12/h1-8,10H,9H2,(H,23,26)(H2,19,20,21,22,24). The van der Waals surface area contributed by atoms with Crippen LogP contribution in [0.3, 0.4) is 0 Å². The molecule has 0 aliphatic rings. The lowest BCUT2D eigenvalue weighted by molar-refractivity contribution is -0.383. The van der Waals surface area contributed by atoms with Crippen LogP contribution in [-0.4, -0.2) is 32.4 Å². The van der Waals surface area contributed by atoms with Gasteiger partial charge >= 0.3 is 5.69 Å². The van der Waals surface area contributed by atoms with Gasteiger partial charge in [0.15, 0.2) is 6.61 Å². The van der Waals surface area contributed by atoms with Gasteiger partial charge in [0, 0.05) is 10.7 Å². The molecule has 0 radical (unpaired) electrons. The van der Waals surface area contributed by atoms with E-state index in [-0.39, 0.29) is 18.2 Å². The average Bonchev–Trinajstić information content (AvgIpc) is 2.73. The number of hydrogen-bond acceptors (Lipinski definition) is 9. The van der Waals surface area contributed by atoms with Gasteiger partial charge < -0.3 is 10.1 Å². The number of nitro groups is 1. The molecule has 0 saturated heterocycles. The summed E-state index contributed by atoms with van der Waals surface area (Å²) in [4.78, 5) is 34.6. The Morgan fingerprint density at radius 3 is 2.55 bits per heavy atom. The van der Waals surface area contributed by atoms with E-state index in [9.17, 15) is 14.9 Å². The van der Waals surface area contributed by atoms with Crippen LogP contribution in [0.4, 0.5) is 23.1 Å². The van der Waals surface area contributed by atoms with Gasteiger partial charge in [-0.1, -0.05) is 18.2 Å². The summed E-state index contributed by atoms with van der Waals surface area (Å²) in [5.41, 5.74) is 4.27. The minimum Gasteiger partial charge on any atom is -0.484 e. The number of para-hydroxylation sites is 1. The highest BCUT2D eigenvalue weighted by molar-refractivity contribution is 9.10. The van der Waals surface area contributed by atoms with E-state index in [2.05, 4.69) is 47.1 Å². The third-order valence-electron chi connectivity index (χ3n) is 3.41. The summed E-state index contributed by atoms with van der Waals surface area (Å²) in [6, 6.07) is 12.1. The van der Waals surface area contributed by atoms with Crippen LogP contribution in [0.15, 0.2) is 59.5 Å². The summed E-state index contributed by atoms with van der Waals surface area (Å²) in [6.07, 6.45) is 2.64. The highest BCUT2D eigenvalue weighted by Crippen LogP contribution is 2.30. The topological polar surface area (TPSA) is 144 Å². The number of halogens is 1. The first-order valence-corrected chi connectivity index (χ1v) is 8.93. The van der Waals surface area contributed by atoms with Gasteiger partial charge in [-0.15, -0.1) is 0 Å². The van der Waals surface area contributed by atoms with Crippen LogP contribution in [0.2, 0.25) is 0 Å². The van der Waals surface area contributed by atoms with Crippen LogP contribution < -0.4 is 20.9 Å². The lowest BCUT2D eigenvalue weighted by Crippen LogP contribution is -2.34. The molecule has 0 saturated carbocycles. The largest absolute Gasteiger partial charge is 0.484 e. The molecule has 0 atom stereocenters. The highest BCUT2D eigenvalue weighted by atomic mass is 79.9. The fourth-order valence-electron chi connectivity index (χ4n) is 2.14. The molecule has 148 valence electrons. The van der Waals surface area contributed by atoms with Crippen LogP contribution in [0, 0.1) is 10.1 Å². The maximum absolute atomic E-state index is 11.9. The molecule has 0 aliphatic carbocycles. The molecule has 0 bridgehead atoms. The molecule has 0 aliphatic heterocycles. The van der Waals surface area contributed by atoms with Crippen LogP contribution in [0.25, 0.3) is 0 Å². The van der Waals surface area contributed by atoms with E-state index >= 15 is 0 Å². The number of aromatic nitrogens is 3. The first kappa shape index (κ1) is 19.9. The zero-order valence-electron chi connectivity index (χ0n) is 14.7. The van der Waals surface area contributed by atoms with Crippen molar-refractivity contribution < 1.29 is 14.5 Å². The van der Waals surface area contributed by atoms with Crippen LogP contribution in [0.5, 0.6) is 5.75 Å². The molecule has 0 spiro atoms. The predicted molar refractivity (Wildman–Crippen MR) is 108 cm³/mol. The summed E-state index contributed by atoms with van der Waals surface area (Å²) in [6.45, 7) is -0.288. The van der Waals surface area contributed by atoms with E-state index in [1.165, 1.54) is 6.20 Å². The van der Waals surface area contributed by atoms with Crippen molar-refractivity contribution in [3.63, 3.8) is 0 Å². The van der Waals surface area contributed by atoms with Crippen molar-refractivity contribution in [1.82, 2.24) is 20.4 Å². The molecule has 29 heavy (non-hydrogen) atoms. The molecule has 3 rings (SSSR count). The van der Waals surface area contributed by atoms with E-state index in [4.69, 9.17) is 4.74 Å². The molecule has 11 nitrogen and oxygen atoms in total. The Kier molecular flexibility index (Phi) is 6.47. The summed E-state index contributed by atoms with van der Waals surface area (Å²) < 4.78 is 6.06. The summed E-state index contributed by atoms with van der Waals surface area (Å²) in [5, 5.41) is 14.3. The van der Waals surface area contributed by atoms with Crippen LogP contribution in [-0.2, 0) is 4.79 Å². The number of pyridine rings is 1. The number of nitrogens with zero attached hydrogens (tertiary/aromatic N) is 4. The Balaban J connectivity index is 1.67. The number of nitrogens with one attached hydrogen (secondary N) is 3. The van der Waals surface area contributed by atoms with Gasteiger partial charge in [-0.3, -0.25) is 25.8 Å². The third-order valence-corrected chi connectivity index (χ3v) is 3.88. The lowest BCUT2D eigenvalue weighted by Gasteiger charge is -2.11. The fourth-order valence-corrected chi connectivity index (χ4v) is 2.37. The normalized spacial score (nSPS) is 10.1. The van der Waals surface area contributed by atoms with Crippen molar-refractivity contribution in [3.05, 3.63) is 69.6 Å². The Labute approximate surface area is 172 Å². The molecular weight excluding hydrogens is 446 g/mol. The molecule has 1 aromatic carbocycles. The monoisotopic (exact) mass is 459 g/mol. The number of carbonyl (C=O) groups is 1. The second kappa shape index (κ2) is 9.41.